The first-order valence-corrected chi connectivity index (χ1v) is 5.72. The van der Waals surface area contributed by atoms with Gasteiger partial charge in [-0.15, -0.1) is 0 Å². The molecule has 1 aliphatic rings. The highest BCUT2D eigenvalue weighted by Gasteiger charge is 2.33. The average molecular weight is 228 g/mol. The molecule has 2 rings (SSSR count). The molecule has 0 atom stereocenters. The monoisotopic (exact) mass is 228 g/mol. The van der Waals surface area contributed by atoms with Gasteiger partial charge in [-0.1, -0.05) is 50.8 Å². The summed E-state index contributed by atoms with van der Waals surface area (Å²) in [6, 6.07) is 5.29. The molecular formula is C15H16O2. The molecule has 1 aromatic carbocycles. The van der Waals surface area contributed by atoms with Crippen molar-refractivity contribution in [2.45, 2.75) is 20.8 Å². The van der Waals surface area contributed by atoms with Crippen LogP contribution in [-0.4, -0.2) is 11.6 Å². The molecule has 0 aliphatic heterocycles. The van der Waals surface area contributed by atoms with Crippen LogP contribution in [0.4, 0.5) is 0 Å². The summed E-state index contributed by atoms with van der Waals surface area (Å²) in [4.78, 5) is 23.2. The Kier molecular flexibility index (Phi) is 4.16. The van der Waals surface area contributed by atoms with E-state index in [0.717, 1.165) is 11.1 Å². The Balaban J connectivity index is 0.000000686. The summed E-state index contributed by atoms with van der Waals surface area (Å²) in [5, 5.41) is 0. The van der Waals surface area contributed by atoms with E-state index in [4.69, 9.17) is 0 Å². The van der Waals surface area contributed by atoms with Crippen LogP contribution in [0.3, 0.4) is 0 Å². The van der Waals surface area contributed by atoms with E-state index in [-0.39, 0.29) is 0 Å². The third-order valence-electron chi connectivity index (χ3n) is 2.57. The fourth-order valence-electron chi connectivity index (χ4n) is 1.86. The lowest BCUT2D eigenvalue weighted by atomic mass is 10.00. The first kappa shape index (κ1) is 13.1. The maximum atomic E-state index is 11.6. The number of ketones is 2. The first-order valence-electron chi connectivity index (χ1n) is 5.72. The average Bonchev–Trinajstić information content (AvgIpc) is 2.64. The van der Waals surface area contributed by atoms with E-state index in [2.05, 4.69) is 6.58 Å². The second kappa shape index (κ2) is 5.39. The van der Waals surface area contributed by atoms with Gasteiger partial charge in [0.2, 0.25) is 11.6 Å². The van der Waals surface area contributed by atoms with Crippen LogP contribution in [0.5, 0.6) is 0 Å². The van der Waals surface area contributed by atoms with Crippen molar-refractivity contribution in [2.24, 2.45) is 0 Å². The topological polar surface area (TPSA) is 34.1 Å². The second-order valence-electron chi connectivity index (χ2n) is 3.33. The predicted molar refractivity (Wildman–Crippen MR) is 70.9 cm³/mol. The molecule has 17 heavy (non-hydrogen) atoms. The number of fused-ring (bicyclic) bond motifs is 1. The summed E-state index contributed by atoms with van der Waals surface area (Å²) in [6.45, 7) is 9.44. The van der Waals surface area contributed by atoms with Crippen molar-refractivity contribution >= 4 is 23.2 Å². The van der Waals surface area contributed by atoms with E-state index < -0.39 is 11.6 Å². The van der Waals surface area contributed by atoms with Crippen molar-refractivity contribution in [3.05, 3.63) is 47.5 Å². The van der Waals surface area contributed by atoms with Gasteiger partial charge in [-0.25, -0.2) is 0 Å². The van der Waals surface area contributed by atoms with Gasteiger partial charge in [-0.2, -0.15) is 0 Å². The molecule has 0 fully saturated rings. The van der Waals surface area contributed by atoms with Crippen LogP contribution in [-0.2, 0) is 4.79 Å². The zero-order chi connectivity index (χ0) is 13.0. The molecule has 0 N–H and O–H groups in total. The fourth-order valence-corrected chi connectivity index (χ4v) is 1.86. The SMILES string of the molecule is C=Cc1cccc2c1/C(=C\C)C(=O)C2=O.CC. The standard InChI is InChI=1S/C13H10O2.C2H6/c1-3-8-6-5-7-10-11(8)9(4-2)12(14)13(10)15;1-2/h3-7H,1H2,2H3;1-2H3/b9-4+;. The summed E-state index contributed by atoms with van der Waals surface area (Å²) >= 11 is 0. The quantitative estimate of drug-likeness (QED) is 0.544. The van der Waals surface area contributed by atoms with Gasteiger partial charge in [0, 0.05) is 16.7 Å². The highest BCUT2D eigenvalue weighted by Crippen LogP contribution is 2.32. The van der Waals surface area contributed by atoms with Crippen molar-refractivity contribution in [2.75, 3.05) is 0 Å². The van der Waals surface area contributed by atoms with Crippen LogP contribution in [0.1, 0.15) is 42.3 Å². The minimum Gasteiger partial charge on any atom is -0.285 e. The van der Waals surface area contributed by atoms with Gasteiger partial charge in [0.05, 0.1) is 0 Å². The molecule has 0 radical (unpaired) electrons. The number of carbonyl (C=O) groups is 2. The molecule has 1 aromatic rings. The summed E-state index contributed by atoms with van der Waals surface area (Å²) in [5.74, 6) is -0.830. The van der Waals surface area contributed by atoms with E-state index in [1.165, 1.54) is 0 Å². The number of Topliss-reactive ketones (excluding diaryl/α,β-unsaturated/α-hetero) is 2. The number of carbonyl (C=O) groups excluding carboxylic acids is 2. The normalized spacial score (nSPS) is 15.4. The Labute approximate surface area is 102 Å². The molecule has 0 saturated carbocycles. The van der Waals surface area contributed by atoms with Gasteiger partial charge in [-0.3, -0.25) is 9.59 Å². The van der Waals surface area contributed by atoms with Crippen LogP contribution in [0, 0.1) is 0 Å². The van der Waals surface area contributed by atoms with Gasteiger partial charge < -0.3 is 0 Å². The van der Waals surface area contributed by atoms with Gasteiger partial charge in [0.1, 0.15) is 0 Å². The van der Waals surface area contributed by atoms with Crippen LogP contribution in [0.2, 0.25) is 0 Å². The van der Waals surface area contributed by atoms with Crippen LogP contribution in [0.15, 0.2) is 30.9 Å². The molecule has 0 bridgehead atoms. The smallest absolute Gasteiger partial charge is 0.234 e. The third-order valence-corrected chi connectivity index (χ3v) is 2.57. The van der Waals surface area contributed by atoms with Crippen molar-refractivity contribution < 1.29 is 9.59 Å². The van der Waals surface area contributed by atoms with Gasteiger partial charge >= 0.3 is 0 Å². The van der Waals surface area contributed by atoms with Crippen molar-refractivity contribution in [1.29, 1.82) is 0 Å². The lowest BCUT2D eigenvalue weighted by Gasteiger charge is -2.02. The van der Waals surface area contributed by atoms with Crippen LogP contribution >= 0.6 is 0 Å². The lowest BCUT2D eigenvalue weighted by molar-refractivity contribution is -0.109. The number of benzene rings is 1. The maximum Gasteiger partial charge on any atom is 0.234 e. The zero-order valence-electron chi connectivity index (χ0n) is 10.4. The van der Waals surface area contributed by atoms with Crippen molar-refractivity contribution in [3.63, 3.8) is 0 Å². The molecule has 2 nitrogen and oxygen atoms in total. The zero-order valence-corrected chi connectivity index (χ0v) is 10.4. The Morgan fingerprint density at radius 3 is 2.29 bits per heavy atom. The molecule has 0 heterocycles. The molecule has 0 unspecified atom stereocenters. The van der Waals surface area contributed by atoms with Crippen LogP contribution < -0.4 is 0 Å². The third kappa shape index (κ3) is 1.98. The van der Waals surface area contributed by atoms with Crippen molar-refractivity contribution in [3.8, 4) is 0 Å². The summed E-state index contributed by atoms with van der Waals surface area (Å²) in [6.07, 6.45) is 3.34. The molecule has 88 valence electrons. The Morgan fingerprint density at radius 1 is 1.12 bits per heavy atom. The lowest BCUT2D eigenvalue weighted by Crippen LogP contribution is -2.05. The highest BCUT2D eigenvalue weighted by molar-refractivity contribution is 6.63. The minimum absolute atomic E-state index is 0.415. The number of allylic oxidation sites excluding steroid dienone is 2. The minimum atomic E-state index is -0.415. The molecule has 0 spiro atoms. The number of rotatable bonds is 1. The van der Waals surface area contributed by atoms with Gasteiger partial charge in [0.15, 0.2) is 0 Å². The number of hydrogen-bond donors (Lipinski definition) is 0. The van der Waals surface area contributed by atoms with E-state index in [1.807, 2.05) is 19.9 Å². The van der Waals surface area contributed by atoms with Crippen molar-refractivity contribution in [1.82, 2.24) is 0 Å². The Hall–Kier alpha value is -1.96. The maximum absolute atomic E-state index is 11.6. The van der Waals surface area contributed by atoms with Gasteiger partial charge in [-0.05, 0) is 12.5 Å². The number of hydrogen-bond acceptors (Lipinski definition) is 2. The van der Waals surface area contributed by atoms with E-state index in [9.17, 15) is 9.59 Å². The van der Waals surface area contributed by atoms with E-state index in [1.54, 1.807) is 31.2 Å². The van der Waals surface area contributed by atoms with Crippen LogP contribution in [0.25, 0.3) is 11.6 Å². The molecule has 2 heteroatoms. The van der Waals surface area contributed by atoms with E-state index in [0.29, 0.717) is 11.1 Å². The molecule has 0 amide bonds. The predicted octanol–water partition coefficient (Wildman–Crippen LogP) is 3.52. The first-order chi connectivity index (χ1) is 8.20. The molecular weight excluding hydrogens is 212 g/mol. The Morgan fingerprint density at radius 2 is 1.76 bits per heavy atom. The molecule has 0 aromatic heterocycles. The summed E-state index contributed by atoms with van der Waals surface area (Å²) in [5.41, 5.74) is 2.54. The summed E-state index contributed by atoms with van der Waals surface area (Å²) < 4.78 is 0. The Bertz CT molecular complexity index is 508. The fraction of sp³-hybridized carbons (Fsp3) is 0.200. The highest BCUT2D eigenvalue weighted by atomic mass is 16.2. The van der Waals surface area contributed by atoms with E-state index >= 15 is 0 Å². The van der Waals surface area contributed by atoms with Gasteiger partial charge in [0.25, 0.3) is 0 Å². The second-order valence-corrected chi connectivity index (χ2v) is 3.33. The largest absolute Gasteiger partial charge is 0.285 e. The molecule has 1 aliphatic carbocycles. The summed E-state index contributed by atoms with van der Waals surface area (Å²) in [7, 11) is 0. The molecule has 0 saturated heterocycles.